The molecule has 2 atom stereocenters. The number of hydrogen-bond acceptors (Lipinski definition) is 7. The number of likely N-dealkylation sites (N-methyl/N-ethyl adjacent to an activating group) is 1. The summed E-state index contributed by atoms with van der Waals surface area (Å²) in [5.41, 5.74) is 0. The summed E-state index contributed by atoms with van der Waals surface area (Å²) in [6, 6.07) is -0.726. The van der Waals surface area contributed by atoms with Crippen LogP contribution in [-0.2, 0) is 28.6 Å². The lowest BCUT2D eigenvalue weighted by Crippen LogP contribution is -2.55. The average Bonchev–Trinajstić information content (AvgIpc) is 3.23. The molecule has 0 aliphatic rings. The molecule has 0 radical (unpaired) electrons. The van der Waals surface area contributed by atoms with Gasteiger partial charge in [0.2, 0.25) is 0 Å². The van der Waals surface area contributed by atoms with Crippen LogP contribution in [0.25, 0.3) is 0 Å². The van der Waals surface area contributed by atoms with E-state index >= 15 is 0 Å². The molecule has 8 heteroatoms. The van der Waals surface area contributed by atoms with E-state index in [0.717, 1.165) is 57.8 Å². The molecule has 0 aromatic heterocycles. The van der Waals surface area contributed by atoms with Gasteiger partial charge in [-0.2, -0.15) is 0 Å². The molecule has 0 fully saturated rings. The van der Waals surface area contributed by atoms with E-state index < -0.39 is 18.1 Å². The van der Waals surface area contributed by atoms with Crippen LogP contribution in [0, 0.1) is 0 Å². The number of unbranched alkanes of at least 4 members (excludes halogenated alkanes) is 31. The van der Waals surface area contributed by atoms with E-state index in [9.17, 15) is 19.5 Å². The average molecular weight is 876 g/mol. The normalized spacial score (nSPS) is 13.0. The number of ether oxygens (including phenoxy) is 3. The van der Waals surface area contributed by atoms with Gasteiger partial charge < -0.3 is 28.6 Å². The van der Waals surface area contributed by atoms with Gasteiger partial charge in [0.1, 0.15) is 12.6 Å². The molecule has 62 heavy (non-hydrogen) atoms. The number of esters is 2. The van der Waals surface area contributed by atoms with Gasteiger partial charge in [-0.25, -0.2) is 0 Å². The molecule has 0 N–H and O–H groups in total. The number of carbonyl (C=O) groups is 3. The third-order valence-corrected chi connectivity index (χ3v) is 12.1. The number of allylic oxidation sites excluding steroid dienone is 4. The van der Waals surface area contributed by atoms with Crippen molar-refractivity contribution in [1.29, 1.82) is 0 Å². The first-order valence-electron chi connectivity index (χ1n) is 26.4. The van der Waals surface area contributed by atoms with Crippen LogP contribution in [-0.4, -0.2) is 75.5 Å². The first-order chi connectivity index (χ1) is 30.1. The summed E-state index contributed by atoms with van der Waals surface area (Å²) in [4.78, 5) is 37.0. The van der Waals surface area contributed by atoms with E-state index in [0.29, 0.717) is 12.8 Å². The van der Waals surface area contributed by atoms with Crippen molar-refractivity contribution < 1.29 is 38.2 Å². The molecule has 0 aromatic rings. The molecule has 8 nitrogen and oxygen atoms in total. The Morgan fingerprint density at radius 3 is 1.24 bits per heavy atom. The number of hydrogen-bond donors (Lipinski definition) is 0. The second-order valence-corrected chi connectivity index (χ2v) is 19.1. The smallest absolute Gasteiger partial charge is 0.306 e. The Labute approximate surface area is 383 Å². The number of carbonyl (C=O) groups excluding carboxylic acids is 3. The Morgan fingerprint density at radius 1 is 0.484 bits per heavy atom. The molecule has 2 unspecified atom stereocenters. The molecule has 0 saturated carbocycles. The van der Waals surface area contributed by atoms with Crippen LogP contribution < -0.4 is 5.11 Å². The van der Waals surface area contributed by atoms with E-state index in [1.807, 2.05) is 0 Å². The van der Waals surface area contributed by atoms with Crippen molar-refractivity contribution in [2.75, 3.05) is 41.0 Å². The van der Waals surface area contributed by atoms with Gasteiger partial charge in [-0.3, -0.25) is 9.59 Å². The molecule has 0 amide bonds. The molecule has 0 aliphatic carbocycles. The fourth-order valence-electron chi connectivity index (χ4n) is 8.01. The van der Waals surface area contributed by atoms with Gasteiger partial charge in [0.05, 0.1) is 40.3 Å². The largest absolute Gasteiger partial charge is 0.544 e. The third-order valence-electron chi connectivity index (χ3n) is 12.1. The Kier molecular flexibility index (Phi) is 43.8. The summed E-state index contributed by atoms with van der Waals surface area (Å²) in [5, 5.41) is 11.7. The molecule has 0 saturated heterocycles. The van der Waals surface area contributed by atoms with Gasteiger partial charge in [-0.1, -0.05) is 218 Å². The standard InChI is InChI=1S/C54H101NO7/c1-6-8-10-12-14-16-18-20-22-23-24-25-26-27-28-29-31-32-34-36-38-40-42-44-52(56)61-49-50(48-60-47-46-51(54(58)59)55(3,4)5)62-53(57)45-43-41-39-37-35-33-30-21-19-17-15-13-11-9-7-2/h15,17,19,21,50-51H,6-14,16,18,20,22-49H2,1-5H3/b17-15+,21-19+. The molecule has 0 aliphatic heterocycles. The second kappa shape index (κ2) is 45.4. The van der Waals surface area contributed by atoms with Crippen molar-refractivity contribution in [1.82, 2.24) is 0 Å². The van der Waals surface area contributed by atoms with Crippen LogP contribution >= 0.6 is 0 Å². The summed E-state index contributed by atoms with van der Waals surface area (Å²) in [6.45, 7) is 4.66. The van der Waals surface area contributed by atoms with Crippen LogP contribution in [0.5, 0.6) is 0 Å². The third kappa shape index (κ3) is 43.1. The Morgan fingerprint density at radius 2 is 0.839 bits per heavy atom. The highest BCUT2D eigenvalue weighted by Gasteiger charge is 2.25. The van der Waals surface area contributed by atoms with Crippen molar-refractivity contribution >= 4 is 17.9 Å². The van der Waals surface area contributed by atoms with Crippen molar-refractivity contribution in [3.8, 4) is 0 Å². The number of carboxylic acid groups (broad SMARTS) is 1. The van der Waals surface area contributed by atoms with E-state index in [2.05, 4.69) is 38.2 Å². The van der Waals surface area contributed by atoms with Gasteiger partial charge in [0.25, 0.3) is 0 Å². The number of quaternary nitrogens is 1. The molecule has 0 aromatic carbocycles. The van der Waals surface area contributed by atoms with Crippen molar-refractivity contribution in [2.45, 2.75) is 264 Å². The minimum atomic E-state index is -1.12. The predicted octanol–water partition coefficient (Wildman–Crippen LogP) is 13.9. The number of carboxylic acids is 1. The zero-order valence-corrected chi connectivity index (χ0v) is 41.6. The lowest BCUT2D eigenvalue weighted by molar-refractivity contribution is -0.889. The fourth-order valence-corrected chi connectivity index (χ4v) is 8.01. The molecule has 0 rings (SSSR count). The van der Waals surface area contributed by atoms with Crippen LogP contribution in [0.3, 0.4) is 0 Å². The van der Waals surface area contributed by atoms with Gasteiger partial charge in [0, 0.05) is 19.3 Å². The molecule has 0 bridgehead atoms. The van der Waals surface area contributed by atoms with E-state index in [-0.39, 0.29) is 42.7 Å². The monoisotopic (exact) mass is 876 g/mol. The summed E-state index contributed by atoms with van der Waals surface area (Å²) >= 11 is 0. The van der Waals surface area contributed by atoms with Crippen LogP contribution in [0.1, 0.15) is 251 Å². The molecule has 364 valence electrons. The highest BCUT2D eigenvalue weighted by atomic mass is 16.6. The summed E-state index contributed by atoms with van der Waals surface area (Å²) in [6.07, 6.45) is 52.1. The lowest BCUT2D eigenvalue weighted by atomic mass is 10.0. The summed E-state index contributed by atoms with van der Waals surface area (Å²) in [7, 11) is 5.42. The highest BCUT2D eigenvalue weighted by Crippen LogP contribution is 2.17. The maximum absolute atomic E-state index is 12.8. The van der Waals surface area contributed by atoms with Crippen molar-refractivity contribution in [3.05, 3.63) is 24.3 Å². The number of rotatable bonds is 48. The van der Waals surface area contributed by atoms with Gasteiger partial charge in [0.15, 0.2) is 6.10 Å². The SMILES string of the molecule is CCCCC/C=C/C=C/CCCCCCCCC(=O)OC(COCCC(C(=O)[O-])[N+](C)(C)C)COC(=O)CCCCCCCCCCCCCCCCCCCCCCCCC. The molecule has 0 heterocycles. The molecular formula is C54H101NO7. The number of aliphatic carboxylic acids is 1. The first kappa shape index (κ1) is 59.8. The van der Waals surface area contributed by atoms with Crippen LogP contribution in [0.15, 0.2) is 24.3 Å². The Bertz CT molecular complexity index is 1070. The van der Waals surface area contributed by atoms with E-state index in [1.165, 1.54) is 161 Å². The fraction of sp³-hybridized carbons (Fsp3) is 0.870. The molecular weight excluding hydrogens is 775 g/mol. The molecule has 0 spiro atoms. The first-order valence-corrected chi connectivity index (χ1v) is 26.4. The lowest BCUT2D eigenvalue weighted by Gasteiger charge is -2.34. The second-order valence-electron chi connectivity index (χ2n) is 19.1. The minimum Gasteiger partial charge on any atom is -0.544 e. The zero-order chi connectivity index (χ0) is 45.6. The van der Waals surface area contributed by atoms with Crippen molar-refractivity contribution in [2.24, 2.45) is 0 Å². The maximum Gasteiger partial charge on any atom is 0.306 e. The van der Waals surface area contributed by atoms with Crippen molar-refractivity contribution in [3.63, 3.8) is 0 Å². The van der Waals surface area contributed by atoms with Crippen LogP contribution in [0.2, 0.25) is 0 Å². The predicted molar refractivity (Wildman–Crippen MR) is 259 cm³/mol. The van der Waals surface area contributed by atoms with Crippen LogP contribution in [0.4, 0.5) is 0 Å². The van der Waals surface area contributed by atoms with E-state index in [4.69, 9.17) is 14.2 Å². The van der Waals surface area contributed by atoms with Gasteiger partial charge in [-0.05, 0) is 38.5 Å². The highest BCUT2D eigenvalue weighted by molar-refractivity contribution is 5.70. The summed E-state index contributed by atoms with van der Waals surface area (Å²) < 4.78 is 17.2. The Hall–Kier alpha value is -2.19. The minimum absolute atomic E-state index is 0.0401. The quantitative estimate of drug-likeness (QED) is 0.0260. The van der Waals surface area contributed by atoms with E-state index in [1.54, 1.807) is 21.1 Å². The number of nitrogens with zero attached hydrogens (tertiary/aromatic N) is 1. The maximum atomic E-state index is 12.8. The zero-order valence-electron chi connectivity index (χ0n) is 41.6. The van der Waals surface area contributed by atoms with Gasteiger partial charge >= 0.3 is 11.9 Å². The summed E-state index contributed by atoms with van der Waals surface area (Å²) in [5.74, 6) is -1.73. The Balaban J connectivity index is 4.15. The van der Waals surface area contributed by atoms with Gasteiger partial charge in [-0.15, -0.1) is 0 Å². The topological polar surface area (TPSA) is 102 Å².